The zero-order valence-corrected chi connectivity index (χ0v) is 14.9. The molecule has 6 nitrogen and oxygen atoms in total. The minimum atomic E-state index is 0.00339. The van der Waals surface area contributed by atoms with Gasteiger partial charge in [0.15, 0.2) is 0 Å². The van der Waals surface area contributed by atoms with E-state index in [2.05, 4.69) is 5.10 Å². The minimum Gasteiger partial charge on any atom is -0.497 e. The third-order valence-corrected chi connectivity index (χ3v) is 4.99. The quantitative estimate of drug-likeness (QED) is 0.725. The zero-order chi connectivity index (χ0) is 18.1. The maximum absolute atomic E-state index is 13.0. The van der Waals surface area contributed by atoms with Gasteiger partial charge >= 0.3 is 0 Å². The van der Waals surface area contributed by atoms with Crippen LogP contribution in [0.15, 0.2) is 48.7 Å². The Bertz CT molecular complexity index is 950. The molecule has 1 fully saturated rings. The van der Waals surface area contributed by atoms with Crippen molar-refractivity contribution in [2.45, 2.75) is 12.3 Å². The van der Waals surface area contributed by atoms with Crippen molar-refractivity contribution in [3.8, 4) is 11.5 Å². The fourth-order valence-corrected chi connectivity index (χ4v) is 3.63. The van der Waals surface area contributed by atoms with Crippen molar-refractivity contribution in [2.24, 2.45) is 0 Å². The molecule has 4 rings (SSSR count). The lowest BCUT2D eigenvalue weighted by atomic mass is 9.97. The van der Waals surface area contributed by atoms with Crippen molar-refractivity contribution in [1.29, 1.82) is 0 Å². The number of methoxy groups -OCH3 is 2. The molecule has 1 saturated heterocycles. The van der Waals surface area contributed by atoms with Gasteiger partial charge in [-0.2, -0.15) is 5.10 Å². The van der Waals surface area contributed by atoms with Crippen LogP contribution in [0.5, 0.6) is 11.5 Å². The standard InChI is InChI=1S/C20H21N3O3/c1-25-16-6-7-19(26-2)17(12-16)14-9-11-22(13-14)20(24)18-5-3-4-15-8-10-21-23(15)18/h3-8,10,12,14H,9,11,13H2,1-2H3/t14-/m1/s1. The van der Waals surface area contributed by atoms with Crippen LogP contribution < -0.4 is 9.47 Å². The molecule has 0 spiro atoms. The smallest absolute Gasteiger partial charge is 0.272 e. The number of benzene rings is 1. The first-order valence-electron chi connectivity index (χ1n) is 8.65. The Kier molecular flexibility index (Phi) is 4.24. The molecule has 1 aromatic carbocycles. The monoisotopic (exact) mass is 351 g/mol. The molecule has 0 unspecified atom stereocenters. The lowest BCUT2D eigenvalue weighted by Gasteiger charge is -2.19. The summed E-state index contributed by atoms with van der Waals surface area (Å²) in [4.78, 5) is 14.9. The average molecular weight is 351 g/mol. The Morgan fingerprint density at radius 3 is 2.85 bits per heavy atom. The maximum atomic E-state index is 13.0. The van der Waals surface area contributed by atoms with Gasteiger partial charge in [-0.15, -0.1) is 0 Å². The normalized spacial score (nSPS) is 16.8. The van der Waals surface area contributed by atoms with E-state index in [0.29, 0.717) is 18.8 Å². The zero-order valence-electron chi connectivity index (χ0n) is 14.9. The molecule has 1 amide bonds. The minimum absolute atomic E-state index is 0.00339. The first-order chi connectivity index (χ1) is 12.7. The van der Waals surface area contributed by atoms with Crippen molar-refractivity contribution in [3.05, 3.63) is 59.9 Å². The van der Waals surface area contributed by atoms with Crippen LogP contribution in [0.2, 0.25) is 0 Å². The fourth-order valence-electron chi connectivity index (χ4n) is 3.63. The van der Waals surface area contributed by atoms with Crippen molar-refractivity contribution < 1.29 is 14.3 Å². The molecule has 0 aliphatic carbocycles. The summed E-state index contributed by atoms with van der Waals surface area (Å²) in [5, 5.41) is 4.27. The van der Waals surface area contributed by atoms with E-state index in [0.717, 1.165) is 29.0 Å². The van der Waals surface area contributed by atoms with Crippen LogP contribution in [0.4, 0.5) is 0 Å². The molecule has 0 bridgehead atoms. The molecule has 0 N–H and O–H groups in total. The average Bonchev–Trinajstić information content (AvgIpc) is 3.36. The molecule has 6 heteroatoms. The van der Waals surface area contributed by atoms with Crippen LogP contribution in [-0.4, -0.2) is 47.7 Å². The number of amides is 1. The van der Waals surface area contributed by atoms with Crippen molar-refractivity contribution in [3.63, 3.8) is 0 Å². The second kappa shape index (κ2) is 6.71. The third-order valence-electron chi connectivity index (χ3n) is 4.99. The Morgan fingerprint density at radius 1 is 1.15 bits per heavy atom. The number of ether oxygens (including phenoxy) is 2. The number of carbonyl (C=O) groups is 1. The number of aromatic nitrogens is 2. The molecule has 1 atom stereocenters. The van der Waals surface area contributed by atoms with E-state index in [-0.39, 0.29) is 11.8 Å². The van der Waals surface area contributed by atoms with E-state index in [1.165, 1.54) is 0 Å². The Morgan fingerprint density at radius 2 is 2.04 bits per heavy atom. The molecular weight excluding hydrogens is 330 g/mol. The third kappa shape index (κ3) is 2.77. The summed E-state index contributed by atoms with van der Waals surface area (Å²) in [5.74, 6) is 1.86. The van der Waals surface area contributed by atoms with Crippen molar-refractivity contribution >= 4 is 11.4 Å². The molecule has 3 heterocycles. The maximum Gasteiger partial charge on any atom is 0.272 e. The van der Waals surface area contributed by atoms with Crippen LogP contribution in [0, 0.1) is 0 Å². The van der Waals surface area contributed by atoms with E-state index >= 15 is 0 Å². The van der Waals surface area contributed by atoms with Gasteiger partial charge in [-0.05, 0) is 42.8 Å². The summed E-state index contributed by atoms with van der Waals surface area (Å²) in [6, 6.07) is 13.4. The van der Waals surface area contributed by atoms with Gasteiger partial charge in [-0.25, -0.2) is 4.52 Å². The first kappa shape index (κ1) is 16.4. The van der Waals surface area contributed by atoms with Gasteiger partial charge in [0.25, 0.3) is 5.91 Å². The SMILES string of the molecule is COc1ccc(OC)c([C@@H]2CCN(C(=O)c3cccc4ccnn34)C2)c1. The second-order valence-electron chi connectivity index (χ2n) is 6.42. The van der Waals surface area contributed by atoms with Crippen molar-refractivity contribution in [1.82, 2.24) is 14.5 Å². The highest BCUT2D eigenvalue weighted by molar-refractivity contribution is 5.93. The summed E-state index contributed by atoms with van der Waals surface area (Å²) in [6.07, 6.45) is 2.60. The van der Waals surface area contributed by atoms with E-state index in [1.54, 1.807) is 24.9 Å². The summed E-state index contributed by atoms with van der Waals surface area (Å²) < 4.78 is 12.6. The van der Waals surface area contributed by atoms with Gasteiger partial charge in [0.2, 0.25) is 0 Å². The van der Waals surface area contributed by atoms with Gasteiger partial charge in [0.1, 0.15) is 17.2 Å². The highest BCUT2D eigenvalue weighted by Crippen LogP contribution is 2.36. The Hall–Kier alpha value is -3.02. The number of carbonyl (C=O) groups excluding carboxylic acids is 1. The molecule has 0 radical (unpaired) electrons. The molecule has 3 aromatic rings. The van der Waals surface area contributed by atoms with Crippen LogP contribution in [0.25, 0.3) is 5.52 Å². The lowest BCUT2D eigenvalue weighted by Crippen LogP contribution is -2.30. The van der Waals surface area contributed by atoms with Crippen molar-refractivity contribution in [2.75, 3.05) is 27.3 Å². The van der Waals surface area contributed by atoms with Crippen LogP contribution in [-0.2, 0) is 0 Å². The highest BCUT2D eigenvalue weighted by Gasteiger charge is 2.31. The number of pyridine rings is 1. The van der Waals surface area contributed by atoms with E-state index in [9.17, 15) is 4.79 Å². The topological polar surface area (TPSA) is 56.1 Å². The molecule has 134 valence electrons. The summed E-state index contributed by atoms with van der Waals surface area (Å²) >= 11 is 0. The first-order valence-corrected chi connectivity index (χ1v) is 8.65. The number of nitrogens with zero attached hydrogens (tertiary/aromatic N) is 3. The second-order valence-corrected chi connectivity index (χ2v) is 6.42. The van der Waals surface area contributed by atoms with Crippen LogP contribution in [0.3, 0.4) is 0 Å². The molecule has 26 heavy (non-hydrogen) atoms. The van der Waals surface area contributed by atoms with Crippen LogP contribution in [0.1, 0.15) is 28.4 Å². The molecule has 1 aliphatic heterocycles. The van der Waals surface area contributed by atoms with Gasteiger partial charge in [0, 0.05) is 24.6 Å². The molecule has 1 aliphatic rings. The number of likely N-dealkylation sites (tertiary alicyclic amines) is 1. The summed E-state index contributed by atoms with van der Waals surface area (Å²) in [7, 11) is 3.32. The highest BCUT2D eigenvalue weighted by atomic mass is 16.5. The lowest BCUT2D eigenvalue weighted by molar-refractivity contribution is 0.0782. The molecular formula is C20H21N3O3. The fraction of sp³-hybridized carbons (Fsp3) is 0.300. The summed E-state index contributed by atoms with van der Waals surface area (Å²) in [5.41, 5.74) is 2.59. The van der Waals surface area contributed by atoms with E-state index < -0.39 is 0 Å². The van der Waals surface area contributed by atoms with E-state index in [4.69, 9.17) is 9.47 Å². The Balaban J connectivity index is 1.59. The van der Waals surface area contributed by atoms with Crippen LogP contribution >= 0.6 is 0 Å². The predicted molar refractivity (Wildman–Crippen MR) is 98.0 cm³/mol. The van der Waals surface area contributed by atoms with Gasteiger partial charge in [0.05, 0.1) is 25.9 Å². The predicted octanol–water partition coefficient (Wildman–Crippen LogP) is 2.98. The van der Waals surface area contributed by atoms with E-state index in [1.807, 2.05) is 47.4 Å². The van der Waals surface area contributed by atoms with Gasteiger partial charge < -0.3 is 14.4 Å². The summed E-state index contributed by atoms with van der Waals surface area (Å²) in [6.45, 7) is 1.36. The molecule has 2 aromatic heterocycles. The number of fused-ring (bicyclic) bond motifs is 1. The Labute approximate surface area is 151 Å². The number of hydrogen-bond acceptors (Lipinski definition) is 4. The molecule has 0 saturated carbocycles. The number of hydrogen-bond donors (Lipinski definition) is 0. The largest absolute Gasteiger partial charge is 0.497 e. The number of rotatable bonds is 4. The van der Waals surface area contributed by atoms with Gasteiger partial charge in [-0.3, -0.25) is 4.79 Å². The van der Waals surface area contributed by atoms with Gasteiger partial charge in [-0.1, -0.05) is 6.07 Å².